The van der Waals surface area contributed by atoms with E-state index in [4.69, 9.17) is 4.74 Å². The lowest BCUT2D eigenvalue weighted by atomic mass is 10.1. The van der Waals surface area contributed by atoms with E-state index in [0.29, 0.717) is 6.54 Å². The SMILES string of the molecule is Cc1nc(C)c(CNC(=O)COc2ccc(C)c(C)c2)s1. The summed E-state index contributed by atoms with van der Waals surface area (Å²) in [5.74, 6) is 0.594. The van der Waals surface area contributed by atoms with Crippen molar-refractivity contribution in [2.75, 3.05) is 6.61 Å². The highest BCUT2D eigenvalue weighted by Crippen LogP contribution is 2.17. The molecule has 1 aromatic heterocycles. The summed E-state index contributed by atoms with van der Waals surface area (Å²) < 4.78 is 5.50. The summed E-state index contributed by atoms with van der Waals surface area (Å²) in [6, 6.07) is 5.82. The number of hydrogen-bond donors (Lipinski definition) is 1. The number of nitrogens with zero attached hydrogens (tertiary/aromatic N) is 1. The monoisotopic (exact) mass is 304 g/mol. The fourth-order valence-corrected chi connectivity index (χ4v) is 2.80. The molecule has 0 bridgehead atoms. The summed E-state index contributed by atoms with van der Waals surface area (Å²) in [6.45, 7) is 8.52. The molecule has 1 heterocycles. The first kappa shape index (κ1) is 15.5. The van der Waals surface area contributed by atoms with Gasteiger partial charge in [0.15, 0.2) is 6.61 Å². The Labute approximate surface area is 129 Å². The first-order valence-electron chi connectivity index (χ1n) is 6.85. The van der Waals surface area contributed by atoms with E-state index in [9.17, 15) is 4.79 Å². The van der Waals surface area contributed by atoms with E-state index in [2.05, 4.69) is 10.3 Å². The predicted molar refractivity (Wildman–Crippen MR) is 84.8 cm³/mol. The van der Waals surface area contributed by atoms with Crippen molar-refractivity contribution in [2.24, 2.45) is 0 Å². The molecule has 0 saturated heterocycles. The number of hydrogen-bond acceptors (Lipinski definition) is 4. The van der Waals surface area contributed by atoms with Crippen molar-refractivity contribution in [3.05, 3.63) is 44.9 Å². The van der Waals surface area contributed by atoms with Gasteiger partial charge in [-0.05, 0) is 51.0 Å². The molecule has 0 unspecified atom stereocenters. The Balaban J connectivity index is 1.82. The van der Waals surface area contributed by atoms with Crippen LogP contribution in [0.1, 0.15) is 26.7 Å². The van der Waals surface area contributed by atoms with Gasteiger partial charge in [0.1, 0.15) is 5.75 Å². The zero-order valence-electron chi connectivity index (χ0n) is 12.8. The van der Waals surface area contributed by atoms with Gasteiger partial charge in [0, 0.05) is 4.88 Å². The molecule has 21 heavy (non-hydrogen) atoms. The second-order valence-electron chi connectivity index (χ2n) is 5.05. The van der Waals surface area contributed by atoms with Gasteiger partial charge in [-0.1, -0.05) is 6.07 Å². The van der Waals surface area contributed by atoms with Crippen molar-refractivity contribution in [3.63, 3.8) is 0 Å². The molecule has 0 aliphatic carbocycles. The Kier molecular flexibility index (Phi) is 4.96. The molecule has 5 heteroatoms. The van der Waals surface area contributed by atoms with Crippen LogP contribution in [0.3, 0.4) is 0 Å². The standard InChI is InChI=1S/C16H20N2O2S/c1-10-5-6-14(7-11(10)2)20-9-16(19)17-8-15-12(3)18-13(4)21-15/h5-7H,8-9H2,1-4H3,(H,17,19). The lowest BCUT2D eigenvalue weighted by molar-refractivity contribution is -0.123. The molecule has 1 aromatic carbocycles. The summed E-state index contributed by atoms with van der Waals surface area (Å²) >= 11 is 1.61. The first-order valence-corrected chi connectivity index (χ1v) is 7.67. The van der Waals surface area contributed by atoms with Gasteiger partial charge in [0.05, 0.1) is 17.2 Å². The smallest absolute Gasteiger partial charge is 0.258 e. The van der Waals surface area contributed by atoms with Gasteiger partial charge in [-0.25, -0.2) is 4.98 Å². The van der Waals surface area contributed by atoms with E-state index in [1.54, 1.807) is 11.3 Å². The van der Waals surface area contributed by atoms with Gasteiger partial charge < -0.3 is 10.1 Å². The molecule has 1 amide bonds. The molecule has 0 aliphatic heterocycles. The third-order valence-electron chi connectivity index (χ3n) is 3.29. The molecule has 2 rings (SSSR count). The highest BCUT2D eigenvalue weighted by Gasteiger charge is 2.08. The van der Waals surface area contributed by atoms with Crippen molar-refractivity contribution in [1.82, 2.24) is 10.3 Å². The van der Waals surface area contributed by atoms with Crippen LogP contribution in [0, 0.1) is 27.7 Å². The maximum Gasteiger partial charge on any atom is 0.258 e. The Bertz CT molecular complexity index is 650. The third kappa shape index (κ3) is 4.29. The number of thiazole rings is 1. The molecule has 0 spiro atoms. The predicted octanol–water partition coefficient (Wildman–Crippen LogP) is 3.07. The van der Waals surface area contributed by atoms with Crippen molar-refractivity contribution in [2.45, 2.75) is 34.2 Å². The van der Waals surface area contributed by atoms with Gasteiger partial charge in [-0.3, -0.25) is 4.79 Å². The Hall–Kier alpha value is -1.88. The Morgan fingerprint density at radius 3 is 2.62 bits per heavy atom. The van der Waals surface area contributed by atoms with Crippen molar-refractivity contribution < 1.29 is 9.53 Å². The lowest BCUT2D eigenvalue weighted by Gasteiger charge is -2.08. The number of ether oxygens (including phenoxy) is 1. The van der Waals surface area contributed by atoms with Crippen LogP contribution in [0.4, 0.5) is 0 Å². The fourth-order valence-electron chi connectivity index (χ4n) is 1.92. The second kappa shape index (κ2) is 6.72. The first-order chi connectivity index (χ1) is 9.95. The number of carbonyl (C=O) groups excluding carboxylic acids is 1. The normalized spacial score (nSPS) is 10.5. The van der Waals surface area contributed by atoms with Crippen LogP contribution in [-0.2, 0) is 11.3 Å². The minimum absolute atomic E-state index is 0.0271. The van der Waals surface area contributed by atoms with E-state index >= 15 is 0 Å². The topological polar surface area (TPSA) is 51.2 Å². The van der Waals surface area contributed by atoms with E-state index < -0.39 is 0 Å². The average Bonchev–Trinajstić information content (AvgIpc) is 2.76. The molecule has 0 atom stereocenters. The maximum absolute atomic E-state index is 11.8. The largest absolute Gasteiger partial charge is 0.484 e. The zero-order chi connectivity index (χ0) is 15.4. The second-order valence-corrected chi connectivity index (χ2v) is 6.34. The van der Waals surface area contributed by atoms with Crippen LogP contribution in [0.2, 0.25) is 0 Å². The van der Waals surface area contributed by atoms with Gasteiger partial charge in [-0.15, -0.1) is 11.3 Å². The van der Waals surface area contributed by atoms with Gasteiger partial charge >= 0.3 is 0 Å². The molecule has 0 radical (unpaired) electrons. The molecule has 4 nitrogen and oxygen atoms in total. The number of rotatable bonds is 5. The number of aromatic nitrogens is 1. The third-order valence-corrected chi connectivity index (χ3v) is 4.37. The summed E-state index contributed by atoms with van der Waals surface area (Å²) in [6.07, 6.45) is 0. The molecule has 0 aliphatic rings. The number of benzene rings is 1. The summed E-state index contributed by atoms with van der Waals surface area (Å²) in [5, 5.41) is 3.87. The van der Waals surface area contributed by atoms with Crippen molar-refractivity contribution >= 4 is 17.2 Å². The van der Waals surface area contributed by atoms with Crippen LogP contribution < -0.4 is 10.1 Å². The van der Waals surface area contributed by atoms with E-state index in [1.165, 1.54) is 5.56 Å². The van der Waals surface area contributed by atoms with E-state index in [-0.39, 0.29) is 12.5 Å². The van der Waals surface area contributed by atoms with Crippen LogP contribution in [-0.4, -0.2) is 17.5 Å². The number of amides is 1. The van der Waals surface area contributed by atoms with Gasteiger partial charge in [-0.2, -0.15) is 0 Å². The van der Waals surface area contributed by atoms with Crippen LogP contribution in [0.5, 0.6) is 5.75 Å². The summed E-state index contributed by atoms with van der Waals surface area (Å²) in [4.78, 5) is 17.2. The van der Waals surface area contributed by atoms with Crippen LogP contribution >= 0.6 is 11.3 Å². The minimum Gasteiger partial charge on any atom is -0.484 e. The molecule has 1 N–H and O–H groups in total. The van der Waals surface area contributed by atoms with Gasteiger partial charge in [0.25, 0.3) is 5.91 Å². The van der Waals surface area contributed by atoms with Crippen molar-refractivity contribution in [3.8, 4) is 5.75 Å². The Morgan fingerprint density at radius 2 is 2.00 bits per heavy atom. The fraction of sp³-hybridized carbons (Fsp3) is 0.375. The van der Waals surface area contributed by atoms with Gasteiger partial charge in [0.2, 0.25) is 0 Å². The maximum atomic E-state index is 11.8. The zero-order valence-corrected chi connectivity index (χ0v) is 13.6. The average molecular weight is 304 g/mol. The van der Waals surface area contributed by atoms with E-state index in [1.807, 2.05) is 45.9 Å². The highest BCUT2D eigenvalue weighted by molar-refractivity contribution is 7.11. The van der Waals surface area contributed by atoms with E-state index in [0.717, 1.165) is 26.9 Å². The lowest BCUT2D eigenvalue weighted by Crippen LogP contribution is -2.28. The van der Waals surface area contributed by atoms with Crippen LogP contribution in [0.25, 0.3) is 0 Å². The molecule has 2 aromatic rings. The number of aryl methyl sites for hydroxylation is 4. The molecule has 112 valence electrons. The molecule has 0 fully saturated rings. The molecular weight excluding hydrogens is 284 g/mol. The van der Waals surface area contributed by atoms with Crippen molar-refractivity contribution in [1.29, 1.82) is 0 Å². The summed E-state index contributed by atoms with van der Waals surface area (Å²) in [7, 11) is 0. The molecule has 0 saturated carbocycles. The Morgan fingerprint density at radius 1 is 1.24 bits per heavy atom. The van der Waals surface area contributed by atoms with Crippen LogP contribution in [0.15, 0.2) is 18.2 Å². The number of nitrogens with one attached hydrogen (secondary N) is 1. The number of carbonyl (C=O) groups is 1. The highest BCUT2D eigenvalue weighted by atomic mass is 32.1. The summed E-state index contributed by atoms with van der Waals surface area (Å²) in [5.41, 5.74) is 3.35. The minimum atomic E-state index is -0.126. The quantitative estimate of drug-likeness (QED) is 0.923. The molecular formula is C16H20N2O2S.